The highest BCUT2D eigenvalue weighted by Gasteiger charge is 2.35. The number of aromatic amines is 1. The van der Waals surface area contributed by atoms with Gasteiger partial charge < -0.3 is 10.1 Å². The molecule has 0 saturated heterocycles. The molecule has 0 atom stereocenters. The van der Waals surface area contributed by atoms with Crippen molar-refractivity contribution in [1.82, 2.24) is 14.5 Å². The number of aromatic carboxylic acids is 1. The van der Waals surface area contributed by atoms with Gasteiger partial charge in [-0.2, -0.15) is 13.2 Å². The third-order valence-corrected chi connectivity index (χ3v) is 3.28. The standard InChI is InChI=1S/C14H8F3N3O3/c15-14(16,17)8-5-7(13(22)23)1-2-9(8)20-6-19-11-10(20)3-4-18-12(11)21/h1-6H,(H,18,21)(H,22,23). The number of carboxylic acid groups (broad SMARTS) is 1. The minimum Gasteiger partial charge on any atom is -0.478 e. The molecule has 0 aliphatic carbocycles. The summed E-state index contributed by atoms with van der Waals surface area (Å²) in [6, 6.07) is 4.06. The van der Waals surface area contributed by atoms with E-state index < -0.39 is 28.8 Å². The van der Waals surface area contributed by atoms with Crippen molar-refractivity contribution >= 4 is 17.0 Å². The van der Waals surface area contributed by atoms with Gasteiger partial charge in [0.25, 0.3) is 5.56 Å². The van der Waals surface area contributed by atoms with Crippen LogP contribution < -0.4 is 5.56 Å². The number of rotatable bonds is 2. The summed E-state index contributed by atoms with van der Waals surface area (Å²) in [4.78, 5) is 28.7. The number of halogens is 3. The zero-order chi connectivity index (χ0) is 16.8. The van der Waals surface area contributed by atoms with Crippen molar-refractivity contribution in [2.24, 2.45) is 0 Å². The highest BCUT2D eigenvalue weighted by atomic mass is 19.4. The number of aromatic nitrogens is 3. The van der Waals surface area contributed by atoms with Gasteiger partial charge in [0.05, 0.1) is 22.3 Å². The van der Waals surface area contributed by atoms with Crippen LogP contribution in [0, 0.1) is 0 Å². The second-order valence-corrected chi connectivity index (χ2v) is 4.69. The van der Waals surface area contributed by atoms with E-state index in [4.69, 9.17) is 5.11 Å². The average molecular weight is 323 g/mol. The molecule has 0 amide bonds. The van der Waals surface area contributed by atoms with Crippen LogP contribution in [0.2, 0.25) is 0 Å². The van der Waals surface area contributed by atoms with Crippen molar-refractivity contribution < 1.29 is 23.1 Å². The van der Waals surface area contributed by atoms with E-state index in [2.05, 4.69) is 9.97 Å². The van der Waals surface area contributed by atoms with Gasteiger partial charge in [0.1, 0.15) is 6.33 Å². The fourth-order valence-corrected chi connectivity index (χ4v) is 2.25. The minimum absolute atomic E-state index is 0.0112. The summed E-state index contributed by atoms with van der Waals surface area (Å²) in [5.41, 5.74) is -2.28. The Balaban J connectivity index is 2.32. The molecule has 9 heteroatoms. The molecule has 118 valence electrons. The van der Waals surface area contributed by atoms with E-state index in [1.54, 1.807) is 0 Å². The van der Waals surface area contributed by atoms with Crippen molar-refractivity contribution in [1.29, 1.82) is 0 Å². The summed E-state index contributed by atoms with van der Waals surface area (Å²) in [5.74, 6) is -1.46. The van der Waals surface area contributed by atoms with Gasteiger partial charge in [-0.1, -0.05) is 0 Å². The van der Waals surface area contributed by atoms with E-state index in [1.165, 1.54) is 12.3 Å². The van der Waals surface area contributed by atoms with Crippen LogP contribution in [0.25, 0.3) is 16.7 Å². The molecular weight excluding hydrogens is 315 g/mol. The number of H-pyrrole nitrogens is 1. The molecule has 0 aliphatic rings. The van der Waals surface area contributed by atoms with Crippen molar-refractivity contribution in [2.45, 2.75) is 6.18 Å². The molecule has 1 aromatic carbocycles. The predicted molar refractivity (Wildman–Crippen MR) is 73.7 cm³/mol. The molecular formula is C14H8F3N3O3. The maximum atomic E-state index is 13.3. The number of nitrogens with zero attached hydrogens (tertiary/aromatic N) is 2. The Morgan fingerprint density at radius 3 is 2.65 bits per heavy atom. The van der Waals surface area contributed by atoms with Gasteiger partial charge in [0.15, 0.2) is 5.52 Å². The summed E-state index contributed by atoms with van der Waals surface area (Å²) < 4.78 is 40.9. The molecule has 2 N–H and O–H groups in total. The Morgan fingerprint density at radius 1 is 1.26 bits per heavy atom. The molecule has 0 aliphatic heterocycles. The van der Waals surface area contributed by atoms with Crippen LogP contribution in [0.5, 0.6) is 0 Å². The van der Waals surface area contributed by atoms with Gasteiger partial charge in [0, 0.05) is 6.20 Å². The number of carbonyl (C=O) groups is 1. The first-order valence-electron chi connectivity index (χ1n) is 6.28. The summed E-state index contributed by atoms with van der Waals surface area (Å²) in [6.07, 6.45) is -2.38. The van der Waals surface area contributed by atoms with E-state index >= 15 is 0 Å². The van der Waals surface area contributed by atoms with Crippen LogP contribution in [0.1, 0.15) is 15.9 Å². The quantitative estimate of drug-likeness (QED) is 0.758. The summed E-state index contributed by atoms with van der Waals surface area (Å²) >= 11 is 0. The van der Waals surface area contributed by atoms with Crippen LogP contribution in [0.4, 0.5) is 13.2 Å². The zero-order valence-electron chi connectivity index (χ0n) is 11.3. The molecule has 2 heterocycles. The predicted octanol–water partition coefficient (Wildman–Crippen LogP) is 2.43. The third-order valence-electron chi connectivity index (χ3n) is 3.28. The number of fused-ring (bicyclic) bond motifs is 1. The lowest BCUT2D eigenvalue weighted by Gasteiger charge is -2.14. The first kappa shape index (κ1) is 14.8. The maximum absolute atomic E-state index is 13.3. The smallest absolute Gasteiger partial charge is 0.418 e. The molecule has 0 fully saturated rings. The van der Waals surface area contributed by atoms with Gasteiger partial charge in [-0.25, -0.2) is 9.78 Å². The Hall–Kier alpha value is -3.10. The van der Waals surface area contributed by atoms with E-state index in [9.17, 15) is 22.8 Å². The molecule has 0 spiro atoms. The molecule has 0 saturated carbocycles. The largest absolute Gasteiger partial charge is 0.478 e. The van der Waals surface area contributed by atoms with Crippen molar-refractivity contribution in [3.63, 3.8) is 0 Å². The number of benzene rings is 1. The first-order valence-corrected chi connectivity index (χ1v) is 6.28. The lowest BCUT2D eigenvalue weighted by molar-refractivity contribution is -0.137. The van der Waals surface area contributed by atoms with Crippen LogP contribution in [0.3, 0.4) is 0 Å². The highest BCUT2D eigenvalue weighted by molar-refractivity contribution is 5.88. The number of pyridine rings is 1. The van der Waals surface area contributed by atoms with Crippen molar-refractivity contribution in [2.75, 3.05) is 0 Å². The van der Waals surface area contributed by atoms with Gasteiger partial charge in [-0.3, -0.25) is 9.36 Å². The number of hydrogen-bond acceptors (Lipinski definition) is 3. The Bertz CT molecular complexity index is 973. The SMILES string of the molecule is O=C(O)c1ccc(-n2cnc3c(=O)[nH]ccc32)c(C(F)(F)F)c1. The van der Waals surface area contributed by atoms with Gasteiger partial charge in [-0.15, -0.1) is 0 Å². The zero-order valence-corrected chi connectivity index (χ0v) is 11.3. The van der Waals surface area contributed by atoms with Gasteiger partial charge >= 0.3 is 12.1 Å². The maximum Gasteiger partial charge on any atom is 0.418 e. The Labute approximate surface area is 125 Å². The molecule has 6 nitrogen and oxygen atoms in total. The molecule has 0 bridgehead atoms. The number of carboxylic acids is 1. The fraction of sp³-hybridized carbons (Fsp3) is 0.0714. The number of alkyl halides is 3. The Kier molecular flexibility index (Phi) is 3.20. The van der Waals surface area contributed by atoms with E-state index in [-0.39, 0.29) is 16.7 Å². The van der Waals surface area contributed by atoms with Crippen LogP contribution in [-0.2, 0) is 6.18 Å². The number of nitrogens with one attached hydrogen (secondary N) is 1. The Morgan fingerprint density at radius 2 is 2.00 bits per heavy atom. The topological polar surface area (TPSA) is 88.0 Å². The second kappa shape index (κ2) is 4.97. The van der Waals surface area contributed by atoms with E-state index in [0.717, 1.165) is 23.0 Å². The van der Waals surface area contributed by atoms with Crippen molar-refractivity contribution in [3.05, 3.63) is 58.3 Å². The van der Waals surface area contributed by atoms with Crippen molar-refractivity contribution in [3.8, 4) is 5.69 Å². The average Bonchev–Trinajstić information content (AvgIpc) is 2.91. The van der Waals surface area contributed by atoms with Crippen LogP contribution >= 0.6 is 0 Å². The first-order chi connectivity index (χ1) is 10.8. The molecule has 23 heavy (non-hydrogen) atoms. The number of hydrogen-bond donors (Lipinski definition) is 2. The normalized spacial score (nSPS) is 11.8. The lowest BCUT2D eigenvalue weighted by atomic mass is 10.1. The molecule has 2 aromatic heterocycles. The van der Waals surface area contributed by atoms with Gasteiger partial charge in [-0.05, 0) is 24.3 Å². The van der Waals surface area contributed by atoms with E-state index in [1.807, 2.05) is 0 Å². The van der Waals surface area contributed by atoms with Gasteiger partial charge in [0.2, 0.25) is 0 Å². The molecule has 3 aromatic rings. The second-order valence-electron chi connectivity index (χ2n) is 4.69. The highest BCUT2D eigenvalue weighted by Crippen LogP contribution is 2.35. The monoisotopic (exact) mass is 323 g/mol. The molecule has 0 radical (unpaired) electrons. The van der Waals surface area contributed by atoms with Crippen LogP contribution in [-0.4, -0.2) is 25.6 Å². The van der Waals surface area contributed by atoms with Crippen LogP contribution in [0.15, 0.2) is 41.6 Å². The summed E-state index contributed by atoms with van der Waals surface area (Å²) in [5, 5.41) is 8.87. The third kappa shape index (κ3) is 2.45. The van der Waals surface area contributed by atoms with E-state index in [0.29, 0.717) is 6.07 Å². The molecule has 3 rings (SSSR count). The lowest BCUT2D eigenvalue weighted by Crippen LogP contribution is -2.13. The summed E-state index contributed by atoms with van der Waals surface area (Å²) in [7, 11) is 0. The number of imidazole rings is 1. The summed E-state index contributed by atoms with van der Waals surface area (Å²) in [6.45, 7) is 0. The molecule has 0 unspecified atom stereocenters. The minimum atomic E-state index is -4.77. The fourth-order valence-electron chi connectivity index (χ4n) is 2.25.